The maximum atomic E-state index is 13.0. The smallest absolute Gasteiger partial charge is 0.313 e. The molecule has 1 aromatic rings. The maximum absolute atomic E-state index is 13.0. The summed E-state index contributed by atoms with van der Waals surface area (Å²) < 4.78 is 22.6. The van der Waals surface area contributed by atoms with Gasteiger partial charge in [-0.25, -0.2) is 0 Å². The van der Waals surface area contributed by atoms with Crippen molar-refractivity contribution in [1.29, 1.82) is 0 Å². The van der Waals surface area contributed by atoms with Crippen LogP contribution >= 0.6 is 0 Å². The van der Waals surface area contributed by atoms with E-state index in [0.29, 0.717) is 25.0 Å². The molecule has 4 rings (SSSR count). The first-order valence-electron chi connectivity index (χ1n) is 11.6. The number of methoxy groups -OCH3 is 1. The highest BCUT2D eigenvalue weighted by atomic mass is 16.6. The van der Waals surface area contributed by atoms with Crippen molar-refractivity contribution in [2.24, 2.45) is 22.7 Å². The van der Waals surface area contributed by atoms with E-state index in [1.165, 1.54) is 21.0 Å². The lowest BCUT2D eigenvalue weighted by Crippen LogP contribution is -2.77. The Morgan fingerprint density at radius 2 is 1.73 bits per heavy atom. The van der Waals surface area contributed by atoms with Crippen LogP contribution in [0.2, 0.25) is 0 Å². The lowest BCUT2D eigenvalue weighted by Gasteiger charge is -2.68. The Morgan fingerprint density at radius 1 is 1.09 bits per heavy atom. The third kappa shape index (κ3) is 3.24. The molecule has 1 N–H and O–H groups in total. The molecule has 0 saturated heterocycles. The van der Waals surface area contributed by atoms with Gasteiger partial charge in [0.15, 0.2) is 0 Å². The Kier molecular flexibility index (Phi) is 5.67. The Hall–Kier alpha value is -2.35. The fraction of sp³-hybridized carbons (Fsp3) is 0.720. The summed E-state index contributed by atoms with van der Waals surface area (Å²) in [5.41, 5.74) is -2.40. The first-order chi connectivity index (χ1) is 15.4. The molecule has 0 amide bonds. The molecule has 3 aliphatic carbocycles. The number of rotatable bonds is 3. The van der Waals surface area contributed by atoms with Gasteiger partial charge >= 0.3 is 17.9 Å². The fourth-order valence-corrected chi connectivity index (χ4v) is 7.39. The van der Waals surface area contributed by atoms with Crippen LogP contribution in [0, 0.1) is 22.7 Å². The summed E-state index contributed by atoms with van der Waals surface area (Å²) in [6.45, 7) is 8.51. The molecule has 182 valence electrons. The second-order valence-corrected chi connectivity index (χ2v) is 10.7. The number of carbonyl (C=O) groups is 3. The highest BCUT2D eigenvalue weighted by Crippen LogP contribution is 2.68. The van der Waals surface area contributed by atoms with Gasteiger partial charge in [0.2, 0.25) is 0 Å². The molecule has 0 radical (unpaired) electrons. The number of hydrogen-bond donors (Lipinski definition) is 1. The van der Waals surface area contributed by atoms with Crippen molar-refractivity contribution >= 4 is 17.9 Å². The van der Waals surface area contributed by atoms with Gasteiger partial charge in [0.05, 0.1) is 19.3 Å². The van der Waals surface area contributed by atoms with E-state index in [-0.39, 0.29) is 18.3 Å². The van der Waals surface area contributed by atoms with E-state index >= 15 is 0 Å². The first kappa shape index (κ1) is 23.8. The van der Waals surface area contributed by atoms with Crippen molar-refractivity contribution in [3.63, 3.8) is 0 Å². The van der Waals surface area contributed by atoms with Crippen molar-refractivity contribution in [2.45, 2.75) is 84.0 Å². The van der Waals surface area contributed by atoms with Gasteiger partial charge in [-0.15, -0.1) is 0 Å². The number of furan rings is 1. The zero-order chi connectivity index (χ0) is 24.3. The zero-order valence-electron chi connectivity index (χ0n) is 20.2. The van der Waals surface area contributed by atoms with Crippen molar-refractivity contribution in [3.05, 3.63) is 23.7 Å². The fourth-order valence-electron chi connectivity index (χ4n) is 7.39. The molecule has 3 aliphatic rings. The SMILES string of the molecule is COC(=O)[C@@H]1c2ccoc2C[C@H]2[C@@H]1C[C@H](OC(C)=O)[C@@]1(O)C(C)(C)CC[C@H](OC(C)=O)[C@]21C. The molecule has 8 heteroatoms. The third-order valence-electron chi connectivity index (χ3n) is 8.81. The Bertz CT molecular complexity index is 963. The predicted octanol–water partition coefficient (Wildman–Crippen LogP) is 3.15. The molecule has 0 unspecified atom stereocenters. The summed E-state index contributed by atoms with van der Waals surface area (Å²) >= 11 is 0. The van der Waals surface area contributed by atoms with E-state index < -0.39 is 52.5 Å². The Morgan fingerprint density at radius 3 is 2.33 bits per heavy atom. The van der Waals surface area contributed by atoms with Gasteiger partial charge in [0.1, 0.15) is 23.6 Å². The molecule has 2 saturated carbocycles. The molecule has 2 fully saturated rings. The monoisotopic (exact) mass is 462 g/mol. The average Bonchev–Trinajstić information content (AvgIpc) is 3.19. The van der Waals surface area contributed by atoms with Crippen LogP contribution in [0.4, 0.5) is 0 Å². The van der Waals surface area contributed by atoms with Gasteiger partial charge in [-0.05, 0) is 42.6 Å². The highest BCUT2D eigenvalue weighted by Gasteiger charge is 2.74. The van der Waals surface area contributed by atoms with E-state index in [2.05, 4.69) is 0 Å². The topological polar surface area (TPSA) is 112 Å². The highest BCUT2D eigenvalue weighted by molar-refractivity contribution is 5.79. The summed E-state index contributed by atoms with van der Waals surface area (Å²) in [5, 5.41) is 12.6. The Labute approximate surface area is 193 Å². The van der Waals surface area contributed by atoms with E-state index in [1.54, 1.807) is 12.3 Å². The van der Waals surface area contributed by atoms with Crippen LogP contribution in [0.5, 0.6) is 0 Å². The molecule has 33 heavy (non-hydrogen) atoms. The quantitative estimate of drug-likeness (QED) is 0.539. The molecule has 0 spiro atoms. The number of carbonyl (C=O) groups excluding carboxylic acids is 3. The molecule has 7 atom stereocenters. The van der Waals surface area contributed by atoms with Crippen LogP contribution in [0.25, 0.3) is 0 Å². The van der Waals surface area contributed by atoms with Crippen molar-refractivity contribution < 1.29 is 38.1 Å². The minimum Gasteiger partial charge on any atom is -0.469 e. The standard InChI is InChI=1S/C25H34O8/c1-13(26)32-19-7-9-23(3,4)25(29)20(33-14(2)27)11-16-17(24(19,25)5)12-18-15(8-10-31-18)21(16)22(28)30-6/h8,10,16-17,19-21,29H,7,9,11-12H2,1-6H3/t16-,17-,19-,20-,21+,24-,25+/m0/s1. The van der Waals surface area contributed by atoms with Crippen molar-refractivity contribution in [2.75, 3.05) is 7.11 Å². The van der Waals surface area contributed by atoms with Gasteiger partial charge in [-0.1, -0.05) is 20.8 Å². The van der Waals surface area contributed by atoms with Crippen LogP contribution in [0.1, 0.15) is 71.1 Å². The minimum atomic E-state index is -1.50. The molecule has 0 aliphatic heterocycles. The molecule has 0 bridgehead atoms. The molecular weight excluding hydrogens is 428 g/mol. The van der Waals surface area contributed by atoms with Gasteiger partial charge < -0.3 is 23.7 Å². The van der Waals surface area contributed by atoms with Crippen molar-refractivity contribution in [1.82, 2.24) is 0 Å². The van der Waals surface area contributed by atoms with E-state index in [0.717, 1.165) is 5.56 Å². The molecule has 1 aromatic heterocycles. The summed E-state index contributed by atoms with van der Waals surface area (Å²) in [4.78, 5) is 37.3. The Balaban J connectivity index is 1.95. The summed E-state index contributed by atoms with van der Waals surface area (Å²) in [6, 6.07) is 1.78. The van der Waals surface area contributed by atoms with Gasteiger partial charge in [-0.2, -0.15) is 0 Å². The van der Waals surface area contributed by atoms with E-state index in [9.17, 15) is 19.5 Å². The number of fused-ring (bicyclic) bond motifs is 4. The van der Waals surface area contributed by atoms with Crippen LogP contribution in [0.3, 0.4) is 0 Å². The van der Waals surface area contributed by atoms with Crippen LogP contribution < -0.4 is 0 Å². The largest absolute Gasteiger partial charge is 0.469 e. The second-order valence-electron chi connectivity index (χ2n) is 10.7. The average molecular weight is 463 g/mol. The lowest BCUT2D eigenvalue weighted by molar-refractivity contribution is -0.317. The lowest BCUT2D eigenvalue weighted by atomic mass is 9.39. The summed E-state index contributed by atoms with van der Waals surface area (Å²) in [7, 11) is 1.35. The van der Waals surface area contributed by atoms with Crippen LogP contribution in [-0.2, 0) is 35.0 Å². The number of ether oxygens (including phenoxy) is 3. The van der Waals surface area contributed by atoms with Crippen molar-refractivity contribution in [3.8, 4) is 0 Å². The predicted molar refractivity (Wildman–Crippen MR) is 116 cm³/mol. The molecule has 1 heterocycles. The molecule has 0 aromatic carbocycles. The molecule has 8 nitrogen and oxygen atoms in total. The van der Waals surface area contributed by atoms with Gasteiger partial charge in [0.25, 0.3) is 0 Å². The van der Waals surface area contributed by atoms with E-state index in [4.69, 9.17) is 18.6 Å². The second kappa shape index (κ2) is 7.86. The van der Waals surface area contributed by atoms with Gasteiger partial charge in [-0.3, -0.25) is 14.4 Å². The molecular formula is C25H34O8. The summed E-state index contributed by atoms with van der Waals surface area (Å²) in [6.07, 6.45) is 1.96. The van der Waals surface area contributed by atoms with E-state index in [1.807, 2.05) is 20.8 Å². The number of aliphatic hydroxyl groups is 1. The minimum absolute atomic E-state index is 0.277. The van der Waals surface area contributed by atoms with Gasteiger partial charge in [0, 0.05) is 31.2 Å². The number of hydrogen-bond acceptors (Lipinski definition) is 8. The summed E-state index contributed by atoms with van der Waals surface area (Å²) in [5.74, 6) is -1.88. The number of esters is 3. The third-order valence-corrected chi connectivity index (χ3v) is 8.81. The van der Waals surface area contributed by atoms with Crippen LogP contribution in [0.15, 0.2) is 16.7 Å². The normalized spacial score (nSPS) is 38.8. The van der Waals surface area contributed by atoms with Crippen LogP contribution in [-0.4, -0.2) is 47.9 Å². The zero-order valence-corrected chi connectivity index (χ0v) is 20.2. The maximum Gasteiger partial charge on any atom is 0.313 e. The first-order valence-corrected chi connectivity index (χ1v) is 11.6.